The molecule has 1 atom stereocenters. The van der Waals surface area contributed by atoms with E-state index in [1.54, 1.807) is 12.1 Å². The number of nitrogens with zero attached hydrogens (tertiary/aromatic N) is 1. The van der Waals surface area contributed by atoms with Crippen LogP contribution in [0.1, 0.15) is 30.5 Å². The van der Waals surface area contributed by atoms with Gasteiger partial charge < -0.3 is 5.32 Å². The number of hydrogen-bond donors (Lipinski definition) is 2. The summed E-state index contributed by atoms with van der Waals surface area (Å²) >= 11 is 0. The van der Waals surface area contributed by atoms with Gasteiger partial charge >= 0.3 is 0 Å². The Morgan fingerprint density at radius 1 is 1.16 bits per heavy atom. The first-order valence-electron chi connectivity index (χ1n) is 8.20. The number of benzene rings is 2. The molecule has 1 aromatic heterocycles. The zero-order valence-corrected chi connectivity index (χ0v) is 14.2. The summed E-state index contributed by atoms with van der Waals surface area (Å²) in [5.74, 6) is 0.170. The number of H-pyrrole nitrogens is 1. The summed E-state index contributed by atoms with van der Waals surface area (Å²) in [6, 6.07) is 16.1. The van der Waals surface area contributed by atoms with E-state index in [-0.39, 0.29) is 17.6 Å². The molecule has 1 amide bonds. The first-order chi connectivity index (χ1) is 12.0. The van der Waals surface area contributed by atoms with Crippen LogP contribution in [0.3, 0.4) is 0 Å². The SMILES string of the molecule is Cc1[nH]nc(NC(=O)C[C@@H](C)c2ccccc2)c1-c1ccc(F)cc1. The zero-order valence-electron chi connectivity index (χ0n) is 14.2. The lowest BCUT2D eigenvalue weighted by Crippen LogP contribution is -2.15. The van der Waals surface area contributed by atoms with Crippen LogP contribution in [0, 0.1) is 12.7 Å². The van der Waals surface area contributed by atoms with Gasteiger partial charge in [0.05, 0.1) is 0 Å². The Morgan fingerprint density at radius 3 is 2.52 bits per heavy atom. The maximum atomic E-state index is 13.2. The third kappa shape index (κ3) is 3.94. The fourth-order valence-corrected chi connectivity index (χ4v) is 2.85. The van der Waals surface area contributed by atoms with E-state index in [2.05, 4.69) is 15.5 Å². The third-order valence-electron chi connectivity index (χ3n) is 4.20. The molecule has 3 rings (SSSR count). The zero-order chi connectivity index (χ0) is 17.8. The van der Waals surface area contributed by atoms with Crippen molar-refractivity contribution in [3.05, 3.63) is 71.7 Å². The predicted octanol–water partition coefficient (Wildman–Crippen LogP) is 4.66. The fraction of sp³-hybridized carbons (Fsp3) is 0.200. The molecule has 2 N–H and O–H groups in total. The van der Waals surface area contributed by atoms with Crippen molar-refractivity contribution in [2.45, 2.75) is 26.2 Å². The number of hydrogen-bond acceptors (Lipinski definition) is 2. The molecule has 0 spiro atoms. The highest BCUT2D eigenvalue weighted by molar-refractivity contribution is 5.95. The average Bonchev–Trinajstić information content (AvgIpc) is 2.96. The second kappa shape index (κ2) is 7.30. The molecule has 0 saturated heterocycles. The molecule has 25 heavy (non-hydrogen) atoms. The molecule has 0 saturated carbocycles. The van der Waals surface area contributed by atoms with Crippen LogP contribution in [0.2, 0.25) is 0 Å². The maximum absolute atomic E-state index is 13.2. The molecule has 1 heterocycles. The van der Waals surface area contributed by atoms with Crippen LogP contribution in [-0.4, -0.2) is 16.1 Å². The van der Waals surface area contributed by atoms with Gasteiger partial charge in [-0.3, -0.25) is 9.89 Å². The number of aromatic amines is 1. The Balaban J connectivity index is 1.75. The lowest BCUT2D eigenvalue weighted by atomic mass is 9.97. The van der Waals surface area contributed by atoms with Gasteiger partial charge in [-0.25, -0.2) is 4.39 Å². The number of carbonyl (C=O) groups is 1. The topological polar surface area (TPSA) is 57.8 Å². The van der Waals surface area contributed by atoms with Crippen LogP contribution in [0.5, 0.6) is 0 Å². The van der Waals surface area contributed by atoms with E-state index in [9.17, 15) is 9.18 Å². The number of aryl methyl sites for hydroxylation is 1. The molecule has 0 fully saturated rings. The lowest BCUT2D eigenvalue weighted by Gasteiger charge is -2.12. The fourth-order valence-electron chi connectivity index (χ4n) is 2.85. The van der Waals surface area contributed by atoms with Gasteiger partial charge in [0, 0.05) is 17.7 Å². The molecule has 0 radical (unpaired) electrons. The number of anilines is 1. The Morgan fingerprint density at radius 2 is 1.84 bits per heavy atom. The minimum Gasteiger partial charge on any atom is -0.309 e. The third-order valence-corrected chi connectivity index (χ3v) is 4.20. The summed E-state index contributed by atoms with van der Waals surface area (Å²) in [5.41, 5.74) is 3.52. The van der Waals surface area contributed by atoms with Crippen LogP contribution < -0.4 is 5.32 Å². The van der Waals surface area contributed by atoms with Crippen LogP contribution in [0.4, 0.5) is 10.2 Å². The van der Waals surface area contributed by atoms with E-state index in [0.717, 1.165) is 22.4 Å². The van der Waals surface area contributed by atoms with Crippen molar-refractivity contribution < 1.29 is 9.18 Å². The van der Waals surface area contributed by atoms with Crippen molar-refractivity contribution in [1.82, 2.24) is 10.2 Å². The summed E-state index contributed by atoms with van der Waals surface area (Å²) < 4.78 is 13.2. The summed E-state index contributed by atoms with van der Waals surface area (Å²) in [6.07, 6.45) is 0.360. The van der Waals surface area contributed by atoms with E-state index in [0.29, 0.717) is 12.2 Å². The van der Waals surface area contributed by atoms with Gasteiger partial charge in [-0.2, -0.15) is 5.10 Å². The van der Waals surface area contributed by atoms with Crippen LogP contribution in [-0.2, 0) is 4.79 Å². The number of amides is 1. The highest BCUT2D eigenvalue weighted by Crippen LogP contribution is 2.30. The number of nitrogens with one attached hydrogen (secondary N) is 2. The van der Waals surface area contributed by atoms with Gasteiger partial charge in [-0.1, -0.05) is 49.4 Å². The summed E-state index contributed by atoms with van der Waals surface area (Å²) in [6.45, 7) is 3.89. The van der Waals surface area contributed by atoms with Gasteiger partial charge in [-0.05, 0) is 36.1 Å². The molecule has 0 aliphatic heterocycles. The molecule has 0 aliphatic carbocycles. The molecule has 5 heteroatoms. The van der Waals surface area contributed by atoms with E-state index >= 15 is 0 Å². The van der Waals surface area contributed by atoms with E-state index in [1.807, 2.05) is 44.2 Å². The van der Waals surface area contributed by atoms with Crippen molar-refractivity contribution in [3.63, 3.8) is 0 Å². The number of halogens is 1. The monoisotopic (exact) mass is 337 g/mol. The van der Waals surface area contributed by atoms with Crippen LogP contribution in [0.15, 0.2) is 54.6 Å². The van der Waals surface area contributed by atoms with Gasteiger partial charge in [-0.15, -0.1) is 0 Å². The first kappa shape index (κ1) is 16.9. The molecule has 4 nitrogen and oxygen atoms in total. The van der Waals surface area contributed by atoms with Crippen molar-refractivity contribution in [3.8, 4) is 11.1 Å². The van der Waals surface area contributed by atoms with Crippen LogP contribution in [0.25, 0.3) is 11.1 Å². The number of aromatic nitrogens is 2. The van der Waals surface area contributed by atoms with Crippen molar-refractivity contribution in [2.24, 2.45) is 0 Å². The van der Waals surface area contributed by atoms with Crippen molar-refractivity contribution in [1.29, 1.82) is 0 Å². The molecule has 0 bridgehead atoms. The van der Waals surface area contributed by atoms with E-state index < -0.39 is 0 Å². The van der Waals surface area contributed by atoms with E-state index in [4.69, 9.17) is 0 Å². The highest BCUT2D eigenvalue weighted by atomic mass is 19.1. The van der Waals surface area contributed by atoms with Gasteiger partial charge in [0.15, 0.2) is 5.82 Å². The van der Waals surface area contributed by atoms with Crippen molar-refractivity contribution >= 4 is 11.7 Å². The standard InChI is InChI=1S/C20H20FN3O/c1-13(15-6-4-3-5-7-15)12-18(25)22-20-19(14(2)23-24-20)16-8-10-17(21)11-9-16/h3-11,13H,12H2,1-2H3,(H2,22,23,24,25)/t13-/m1/s1. The molecule has 2 aromatic carbocycles. The van der Waals surface area contributed by atoms with Crippen LogP contribution >= 0.6 is 0 Å². The van der Waals surface area contributed by atoms with Gasteiger partial charge in [0.1, 0.15) is 5.82 Å². The Hall–Kier alpha value is -2.95. The smallest absolute Gasteiger partial charge is 0.226 e. The second-order valence-electron chi connectivity index (χ2n) is 6.14. The summed E-state index contributed by atoms with van der Waals surface area (Å²) in [5, 5.41) is 9.94. The maximum Gasteiger partial charge on any atom is 0.226 e. The van der Waals surface area contributed by atoms with Gasteiger partial charge in [0.2, 0.25) is 5.91 Å². The highest BCUT2D eigenvalue weighted by Gasteiger charge is 2.17. The second-order valence-corrected chi connectivity index (χ2v) is 6.14. The molecular weight excluding hydrogens is 317 g/mol. The molecule has 0 aliphatic rings. The lowest BCUT2D eigenvalue weighted by molar-refractivity contribution is -0.116. The largest absolute Gasteiger partial charge is 0.309 e. The Kier molecular flexibility index (Phi) is 4.93. The Bertz CT molecular complexity index is 856. The number of rotatable bonds is 5. The average molecular weight is 337 g/mol. The predicted molar refractivity (Wildman–Crippen MR) is 96.8 cm³/mol. The quantitative estimate of drug-likeness (QED) is 0.711. The van der Waals surface area contributed by atoms with E-state index in [1.165, 1.54) is 12.1 Å². The minimum atomic E-state index is -0.299. The normalized spacial score (nSPS) is 12.0. The number of carbonyl (C=O) groups excluding carboxylic acids is 1. The Labute approximate surface area is 146 Å². The summed E-state index contributed by atoms with van der Waals surface area (Å²) in [7, 11) is 0. The van der Waals surface area contributed by atoms with Crippen molar-refractivity contribution in [2.75, 3.05) is 5.32 Å². The molecule has 3 aromatic rings. The molecule has 0 unspecified atom stereocenters. The molecular formula is C20H20FN3O. The molecule has 128 valence electrons. The minimum absolute atomic E-state index is 0.105. The summed E-state index contributed by atoms with van der Waals surface area (Å²) in [4.78, 5) is 12.4. The first-order valence-corrected chi connectivity index (χ1v) is 8.20. The van der Waals surface area contributed by atoms with Gasteiger partial charge in [0.25, 0.3) is 0 Å².